The smallest absolute Gasteiger partial charge is 0.344 e. The molecule has 8 nitrogen and oxygen atoms in total. The lowest BCUT2D eigenvalue weighted by Crippen LogP contribution is -2.34. The predicted octanol–water partition coefficient (Wildman–Crippen LogP) is 5.38. The lowest BCUT2D eigenvalue weighted by Gasteiger charge is -2.27. The number of hydrogen-bond acceptors (Lipinski definition) is 7. The molecule has 1 aliphatic carbocycles. The molecule has 3 aromatic rings. The first-order valence-corrected chi connectivity index (χ1v) is 12.1. The van der Waals surface area contributed by atoms with Crippen LogP contribution in [0, 0.1) is 5.92 Å². The maximum atomic E-state index is 13.2. The Morgan fingerprint density at radius 3 is 2.74 bits per heavy atom. The maximum absolute atomic E-state index is 13.2. The Balaban J connectivity index is 1.29. The monoisotopic (exact) mass is 538 g/mol. The van der Waals surface area contributed by atoms with Gasteiger partial charge in [0.15, 0.2) is 13.2 Å². The van der Waals surface area contributed by atoms with E-state index >= 15 is 0 Å². The number of hydrogen-bond donors (Lipinski definition) is 0. The first-order valence-electron chi connectivity index (χ1n) is 11.3. The first-order chi connectivity index (χ1) is 17.1. The third-order valence-electron chi connectivity index (χ3n) is 5.96. The van der Waals surface area contributed by atoms with E-state index in [-0.39, 0.29) is 12.5 Å². The molecule has 2 aromatic heterocycles. The molecule has 1 fully saturated rings. The minimum Gasteiger partial charge on any atom is -0.482 e. The topological polar surface area (TPSA) is 94.5 Å². The van der Waals surface area contributed by atoms with Crippen molar-refractivity contribution in [3.63, 3.8) is 0 Å². The molecule has 1 amide bonds. The van der Waals surface area contributed by atoms with Crippen LogP contribution < -0.4 is 4.74 Å². The van der Waals surface area contributed by atoms with Gasteiger partial charge in [-0.15, -0.1) is 0 Å². The van der Waals surface area contributed by atoms with Crippen LogP contribution in [0.3, 0.4) is 0 Å². The van der Waals surface area contributed by atoms with Gasteiger partial charge < -0.3 is 18.3 Å². The van der Waals surface area contributed by atoms with E-state index in [0.29, 0.717) is 11.5 Å². The fourth-order valence-electron chi connectivity index (χ4n) is 4.44. The molecule has 9 heteroatoms. The lowest BCUT2D eigenvalue weighted by atomic mass is 9.79. The summed E-state index contributed by atoms with van der Waals surface area (Å²) in [6.07, 6.45) is 7.83. The number of halogens is 1. The van der Waals surface area contributed by atoms with Gasteiger partial charge in [-0.3, -0.25) is 4.79 Å². The van der Waals surface area contributed by atoms with Crippen molar-refractivity contribution >= 4 is 39.6 Å². The number of benzene rings is 1. The molecule has 0 saturated heterocycles. The quantitative estimate of drug-likeness (QED) is 0.375. The van der Waals surface area contributed by atoms with E-state index in [0.717, 1.165) is 40.8 Å². The average Bonchev–Trinajstić information content (AvgIpc) is 3.62. The van der Waals surface area contributed by atoms with Gasteiger partial charge in [-0.25, -0.2) is 9.80 Å². The molecule has 1 aliphatic heterocycles. The molecule has 3 heterocycles. The van der Waals surface area contributed by atoms with Gasteiger partial charge in [-0.1, -0.05) is 22.0 Å². The number of esters is 1. The highest BCUT2D eigenvalue weighted by Crippen LogP contribution is 2.44. The van der Waals surface area contributed by atoms with Crippen LogP contribution in [0.15, 0.2) is 85.0 Å². The van der Waals surface area contributed by atoms with Gasteiger partial charge in [0.25, 0.3) is 5.91 Å². The van der Waals surface area contributed by atoms with Gasteiger partial charge >= 0.3 is 5.97 Å². The second kappa shape index (κ2) is 10.4. The zero-order valence-electron chi connectivity index (χ0n) is 18.8. The molecule has 0 spiro atoms. The van der Waals surface area contributed by atoms with Crippen LogP contribution in [-0.2, 0) is 14.3 Å². The van der Waals surface area contributed by atoms with Crippen molar-refractivity contribution in [2.24, 2.45) is 11.0 Å². The van der Waals surface area contributed by atoms with Crippen LogP contribution in [0.1, 0.15) is 36.8 Å². The Hall–Kier alpha value is -3.59. The Labute approximate surface area is 210 Å². The molecule has 0 bridgehead atoms. The van der Waals surface area contributed by atoms with Crippen LogP contribution >= 0.6 is 15.9 Å². The highest BCUT2D eigenvalue weighted by atomic mass is 79.9. The van der Waals surface area contributed by atoms with Crippen LogP contribution in [0.25, 0.3) is 6.08 Å². The number of rotatable bonds is 7. The fourth-order valence-corrected chi connectivity index (χ4v) is 4.82. The third kappa shape index (κ3) is 5.24. The van der Waals surface area contributed by atoms with Gasteiger partial charge in [-0.2, -0.15) is 5.10 Å². The molecule has 2 atom stereocenters. The number of nitrogens with zero attached hydrogens (tertiary/aromatic N) is 2. The fraction of sp³-hybridized carbons (Fsp3) is 0.269. The molecule has 0 radical (unpaired) electrons. The number of carbonyl (C=O) groups is 2. The SMILES string of the molecule is O=C(COc1cccc(Br)c1)OCC(=O)N1N=C2C(=Cc3ccco3)CCCC2C1c1ccco1. The van der Waals surface area contributed by atoms with E-state index in [1.54, 1.807) is 36.8 Å². The maximum Gasteiger partial charge on any atom is 0.344 e. The molecule has 1 saturated carbocycles. The van der Waals surface area contributed by atoms with Gasteiger partial charge in [0.1, 0.15) is 23.3 Å². The van der Waals surface area contributed by atoms with E-state index in [9.17, 15) is 9.59 Å². The lowest BCUT2D eigenvalue weighted by molar-refractivity contribution is -0.154. The van der Waals surface area contributed by atoms with E-state index in [1.807, 2.05) is 30.3 Å². The average molecular weight is 539 g/mol. The van der Waals surface area contributed by atoms with Gasteiger partial charge in [-0.05, 0) is 73.4 Å². The summed E-state index contributed by atoms with van der Waals surface area (Å²) in [4.78, 5) is 25.4. The number of ether oxygens (including phenoxy) is 2. The molecule has 180 valence electrons. The summed E-state index contributed by atoms with van der Waals surface area (Å²) in [6.45, 7) is -0.753. The van der Waals surface area contributed by atoms with Crippen molar-refractivity contribution in [1.82, 2.24) is 5.01 Å². The minimum absolute atomic E-state index is 0.0179. The normalized spacial score (nSPS) is 20.4. The van der Waals surface area contributed by atoms with Gasteiger partial charge in [0, 0.05) is 10.4 Å². The van der Waals surface area contributed by atoms with E-state index in [4.69, 9.17) is 23.4 Å². The number of hydrazone groups is 1. The summed E-state index contributed by atoms with van der Waals surface area (Å²) in [5.41, 5.74) is 1.87. The molecular formula is C26H23BrN2O6. The molecule has 0 N–H and O–H groups in total. The van der Waals surface area contributed by atoms with Crippen molar-refractivity contribution in [3.05, 3.63) is 82.6 Å². The predicted molar refractivity (Wildman–Crippen MR) is 130 cm³/mol. The number of carbonyl (C=O) groups excluding carboxylic acids is 2. The van der Waals surface area contributed by atoms with Crippen molar-refractivity contribution in [2.45, 2.75) is 25.3 Å². The zero-order chi connectivity index (χ0) is 24.2. The number of allylic oxidation sites excluding steroid dienone is 1. The van der Waals surface area contributed by atoms with Gasteiger partial charge in [0.2, 0.25) is 0 Å². The van der Waals surface area contributed by atoms with Crippen molar-refractivity contribution in [3.8, 4) is 5.75 Å². The van der Waals surface area contributed by atoms with Crippen LogP contribution in [0.4, 0.5) is 0 Å². The Kier molecular flexibility index (Phi) is 6.85. The first kappa shape index (κ1) is 23.2. The third-order valence-corrected chi connectivity index (χ3v) is 6.45. The van der Waals surface area contributed by atoms with Crippen LogP contribution in [0.5, 0.6) is 5.75 Å². The minimum atomic E-state index is -0.643. The summed E-state index contributed by atoms with van der Waals surface area (Å²) in [5.74, 6) is 0.812. The number of amides is 1. The van der Waals surface area contributed by atoms with Crippen LogP contribution in [0.2, 0.25) is 0 Å². The second-order valence-corrected chi connectivity index (χ2v) is 9.19. The number of furan rings is 2. The van der Waals surface area contributed by atoms with E-state index < -0.39 is 24.5 Å². The van der Waals surface area contributed by atoms with Crippen molar-refractivity contribution in [2.75, 3.05) is 13.2 Å². The number of fused-ring (bicyclic) bond motifs is 1. The highest BCUT2D eigenvalue weighted by molar-refractivity contribution is 9.10. The molecule has 2 aliphatic rings. The van der Waals surface area contributed by atoms with Crippen molar-refractivity contribution in [1.29, 1.82) is 0 Å². The summed E-state index contributed by atoms with van der Waals surface area (Å²) in [5, 5.41) is 6.08. The van der Waals surface area contributed by atoms with E-state index in [2.05, 4.69) is 15.9 Å². The summed E-state index contributed by atoms with van der Waals surface area (Å²) in [7, 11) is 0. The molecule has 1 aromatic carbocycles. The summed E-state index contributed by atoms with van der Waals surface area (Å²) in [6, 6.07) is 14.1. The molecular weight excluding hydrogens is 516 g/mol. The Bertz CT molecular complexity index is 1250. The molecule has 35 heavy (non-hydrogen) atoms. The van der Waals surface area contributed by atoms with E-state index in [1.165, 1.54) is 5.01 Å². The molecule has 2 unspecified atom stereocenters. The largest absolute Gasteiger partial charge is 0.482 e. The highest BCUT2D eigenvalue weighted by Gasteiger charge is 2.45. The van der Waals surface area contributed by atoms with Gasteiger partial charge in [0.05, 0.1) is 18.2 Å². The standard InChI is InChI=1S/C26H23BrN2O6/c27-18-6-2-7-20(14-18)34-16-24(31)35-15-23(30)29-26(22-10-4-12-33-22)21-9-1-5-17(25(21)28-29)13-19-8-3-11-32-19/h2-4,6-8,10-14,21,26H,1,5,9,15-16H2. The Morgan fingerprint density at radius 2 is 1.97 bits per heavy atom. The Morgan fingerprint density at radius 1 is 1.11 bits per heavy atom. The second-order valence-electron chi connectivity index (χ2n) is 8.27. The summed E-state index contributed by atoms with van der Waals surface area (Å²) < 4.78 is 22.6. The van der Waals surface area contributed by atoms with Crippen LogP contribution in [-0.4, -0.2) is 35.8 Å². The molecule has 5 rings (SSSR count). The van der Waals surface area contributed by atoms with Crippen molar-refractivity contribution < 1.29 is 27.9 Å². The summed E-state index contributed by atoms with van der Waals surface area (Å²) >= 11 is 3.35. The zero-order valence-corrected chi connectivity index (χ0v) is 20.3.